The zero-order chi connectivity index (χ0) is 22.5. The maximum atomic E-state index is 12.5. The minimum absolute atomic E-state index is 0.125. The van der Waals surface area contributed by atoms with Gasteiger partial charge >= 0.3 is 0 Å². The van der Waals surface area contributed by atoms with Gasteiger partial charge in [0.05, 0.1) is 22.8 Å². The molecule has 31 heavy (non-hydrogen) atoms. The van der Waals surface area contributed by atoms with E-state index in [0.29, 0.717) is 6.54 Å². The molecule has 0 radical (unpaired) electrons. The number of nitro benzene ring substituents is 1. The second-order valence-corrected chi connectivity index (χ2v) is 7.14. The number of nitro groups is 1. The summed E-state index contributed by atoms with van der Waals surface area (Å²) >= 11 is 0. The smallest absolute Gasteiger partial charge is 0.270 e. The van der Waals surface area contributed by atoms with Gasteiger partial charge in [0, 0.05) is 42.5 Å². The summed E-state index contributed by atoms with van der Waals surface area (Å²) in [5, 5.41) is 18.0. The molecule has 1 heterocycles. The summed E-state index contributed by atoms with van der Waals surface area (Å²) in [5.74, 6) is -0.834. The summed E-state index contributed by atoms with van der Waals surface area (Å²) in [6, 6.07) is 15.1. The predicted octanol–water partition coefficient (Wildman–Crippen LogP) is 2.79. The lowest BCUT2D eigenvalue weighted by Crippen LogP contribution is -2.38. The number of benzene rings is 2. The Morgan fingerprint density at radius 3 is 2.52 bits per heavy atom. The number of hydrogen-bond donors (Lipinski definition) is 1. The fraction of sp³-hybridized carbons (Fsp3) is 0.227. The molecule has 0 spiro atoms. The number of nitrogens with one attached hydrogen (secondary N) is 1. The van der Waals surface area contributed by atoms with Crippen LogP contribution in [-0.4, -0.2) is 45.0 Å². The number of carbonyl (C=O) groups excluding carboxylic acids is 2. The minimum Gasteiger partial charge on any atom is -0.343 e. The van der Waals surface area contributed by atoms with Gasteiger partial charge in [0.25, 0.3) is 11.6 Å². The summed E-state index contributed by atoms with van der Waals surface area (Å²) < 4.78 is 1.84. The van der Waals surface area contributed by atoms with E-state index >= 15 is 0 Å². The molecule has 1 aromatic heterocycles. The van der Waals surface area contributed by atoms with Crippen molar-refractivity contribution in [2.75, 3.05) is 13.6 Å². The molecule has 1 N–H and O–H groups in total. The lowest BCUT2D eigenvalue weighted by molar-refractivity contribution is -0.384. The van der Waals surface area contributed by atoms with Crippen LogP contribution in [0.3, 0.4) is 0 Å². The number of para-hydroxylation sites is 1. The molecule has 0 aliphatic carbocycles. The van der Waals surface area contributed by atoms with Gasteiger partial charge in [0.15, 0.2) is 0 Å². The fourth-order valence-corrected chi connectivity index (χ4v) is 3.20. The molecule has 0 fully saturated rings. The van der Waals surface area contributed by atoms with Crippen molar-refractivity contribution in [2.45, 2.75) is 20.4 Å². The first-order chi connectivity index (χ1) is 14.8. The zero-order valence-corrected chi connectivity index (χ0v) is 17.5. The standard InChI is InChI=1S/C22H23N5O4/c1-15-20(16(2)26(24-15)18-9-5-4-6-10-18)14-25(3)21(28)13-23-22(29)17-8-7-11-19(12-17)27(30)31/h4-12H,13-14H2,1-3H3,(H,23,29). The molecule has 0 aliphatic heterocycles. The van der Waals surface area contributed by atoms with E-state index < -0.39 is 10.8 Å². The van der Waals surface area contributed by atoms with Crippen molar-refractivity contribution in [2.24, 2.45) is 0 Å². The first kappa shape index (κ1) is 21.7. The lowest BCUT2D eigenvalue weighted by atomic mass is 10.2. The Labute approximate surface area is 179 Å². The Kier molecular flexibility index (Phi) is 6.44. The third kappa shape index (κ3) is 4.95. The Hall–Kier alpha value is -4.01. The predicted molar refractivity (Wildman–Crippen MR) is 115 cm³/mol. The fourth-order valence-electron chi connectivity index (χ4n) is 3.20. The van der Waals surface area contributed by atoms with Gasteiger partial charge in [-0.1, -0.05) is 24.3 Å². The van der Waals surface area contributed by atoms with Gasteiger partial charge in [-0.05, 0) is 32.0 Å². The number of likely N-dealkylation sites (N-methyl/N-ethyl adjacent to an activating group) is 1. The average molecular weight is 421 g/mol. The van der Waals surface area contributed by atoms with Crippen LogP contribution in [0.2, 0.25) is 0 Å². The van der Waals surface area contributed by atoms with Gasteiger partial charge in [-0.15, -0.1) is 0 Å². The summed E-state index contributed by atoms with van der Waals surface area (Å²) in [6.45, 7) is 3.97. The van der Waals surface area contributed by atoms with Crippen molar-refractivity contribution < 1.29 is 14.5 Å². The molecule has 0 aliphatic rings. The Balaban J connectivity index is 1.64. The van der Waals surface area contributed by atoms with Crippen LogP contribution in [0.1, 0.15) is 27.3 Å². The second-order valence-electron chi connectivity index (χ2n) is 7.14. The number of aromatic nitrogens is 2. The molecule has 9 nitrogen and oxygen atoms in total. The van der Waals surface area contributed by atoms with Crippen molar-refractivity contribution in [1.29, 1.82) is 0 Å². The molecular weight excluding hydrogens is 398 g/mol. The number of non-ortho nitro benzene ring substituents is 1. The van der Waals surface area contributed by atoms with Crippen LogP contribution in [-0.2, 0) is 11.3 Å². The van der Waals surface area contributed by atoms with Crippen molar-refractivity contribution in [3.8, 4) is 5.69 Å². The highest BCUT2D eigenvalue weighted by Gasteiger charge is 2.18. The molecule has 2 aromatic carbocycles. The number of carbonyl (C=O) groups is 2. The number of aryl methyl sites for hydroxylation is 1. The number of nitrogens with zero attached hydrogens (tertiary/aromatic N) is 4. The number of amides is 2. The number of hydrogen-bond acceptors (Lipinski definition) is 5. The van der Waals surface area contributed by atoms with Gasteiger partial charge < -0.3 is 10.2 Å². The van der Waals surface area contributed by atoms with Gasteiger partial charge in [0.1, 0.15) is 0 Å². The van der Waals surface area contributed by atoms with Crippen molar-refractivity contribution in [3.05, 3.63) is 87.2 Å². The molecule has 0 unspecified atom stereocenters. The monoisotopic (exact) mass is 421 g/mol. The van der Waals surface area contributed by atoms with Crippen molar-refractivity contribution in [3.63, 3.8) is 0 Å². The summed E-state index contributed by atoms with van der Waals surface area (Å²) in [6.07, 6.45) is 0. The van der Waals surface area contributed by atoms with Crippen LogP contribution < -0.4 is 5.32 Å². The third-order valence-electron chi connectivity index (χ3n) is 4.98. The Bertz CT molecular complexity index is 1120. The van der Waals surface area contributed by atoms with Crippen molar-refractivity contribution >= 4 is 17.5 Å². The van der Waals surface area contributed by atoms with E-state index in [1.54, 1.807) is 7.05 Å². The van der Waals surface area contributed by atoms with E-state index in [-0.39, 0.29) is 23.7 Å². The first-order valence-corrected chi connectivity index (χ1v) is 9.65. The maximum Gasteiger partial charge on any atom is 0.270 e. The quantitative estimate of drug-likeness (QED) is 0.466. The van der Waals surface area contributed by atoms with Crippen LogP contribution in [0.25, 0.3) is 5.69 Å². The van der Waals surface area contributed by atoms with Gasteiger partial charge in [-0.2, -0.15) is 5.10 Å². The van der Waals surface area contributed by atoms with Gasteiger partial charge in [0.2, 0.25) is 5.91 Å². The summed E-state index contributed by atoms with van der Waals surface area (Å²) in [7, 11) is 1.65. The van der Waals surface area contributed by atoms with E-state index in [4.69, 9.17) is 0 Å². The Morgan fingerprint density at radius 1 is 1.13 bits per heavy atom. The SMILES string of the molecule is Cc1nn(-c2ccccc2)c(C)c1CN(C)C(=O)CNC(=O)c1cccc([N+](=O)[O-])c1. The van der Waals surface area contributed by atoms with E-state index in [9.17, 15) is 19.7 Å². The van der Waals surface area contributed by atoms with Crippen LogP contribution in [0.4, 0.5) is 5.69 Å². The van der Waals surface area contributed by atoms with Crippen LogP contribution >= 0.6 is 0 Å². The summed E-state index contributed by atoms with van der Waals surface area (Å²) in [4.78, 5) is 36.6. The maximum absolute atomic E-state index is 12.5. The minimum atomic E-state index is -0.573. The van der Waals surface area contributed by atoms with Crippen LogP contribution in [0.15, 0.2) is 54.6 Å². The van der Waals surface area contributed by atoms with Crippen LogP contribution in [0.5, 0.6) is 0 Å². The molecule has 3 aromatic rings. The molecule has 160 valence electrons. The van der Waals surface area contributed by atoms with Crippen molar-refractivity contribution in [1.82, 2.24) is 20.0 Å². The summed E-state index contributed by atoms with van der Waals surface area (Å²) in [5.41, 5.74) is 3.57. The van der Waals surface area contributed by atoms with E-state index in [1.807, 2.05) is 48.9 Å². The molecule has 0 saturated carbocycles. The normalized spacial score (nSPS) is 10.5. The van der Waals surface area contributed by atoms with E-state index in [1.165, 1.54) is 29.2 Å². The highest BCUT2D eigenvalue weighted by molar-refractivity contribution is 5.96. The molecule has 0 bridgehead atoms. The highest BCUT2D eigenvalue weighted by Crippen LogP contribution is 2.19. The van der Waals surface area contributed by atoms with Gasteiger partial charge in [-0.3, -0.25) is 19.7 Å². The molecular formula is C22H23N5O4. The zero-order valence-electron chi connectivity index (χ0n) is 17.5. The number of rotatable bonds is 7. The second kappa shape index (κ2) is 9.21. The highest BCUT2D eigenvalue weighted by atomic mass is 16.6. The largest absolute Gasteiger partial charge is 0.343 e. The lowest BCUT2D eigenvalue weighted by Gasteiger charge is -2.18. The third-order valence-corrected chi connectivity index (χ3v) is 4.98. The first-order valence-electron chi connectivity index (χ1n) is 9.65. The van der Waals surface area contributed by atoms with Gasteiger partial charge in [-0.25, -0.2) is 4.68 Å². The molecule has 2 amide bonds. The molecule has 0 atom stereocenters. The topological polar surface area (TPSA) is 110 Å². The van der Waals surface area contributed by atoms with Crippen LogP contribution in [0, 0.1) is 24.0 Å². The molecule has 9 heteroatoms. The molecule has 3 rings (SSSR count). The average Bonchev–Trinajstić information content (AvgIpc) is 3.06. The van der Waals surface area contributed by atoms with E-state index in [2.05, 4.69) is 10.4 Å². The van der Waals surface area contributed by atoms with E-state index in [0.717, 1.165) is 22.6 Å². The Morgan fingerprint density at radius 2 is 1.84 bits per heavy atom. The molecule has 0 saturated heterocycles.